The molecular weight excluding hydrogens is 208 g/mol. The highest BCUT2D eigenvalue weighted by Crippen LogP contribution is 2.11. The Labute approximate surface area is 94.1 Å². The Hall–Kier alpha value is -1.39. The van der Waals surface area contributed by atoms with Gasteiger partial charge in [-0.2, -0.15) is 0 Å². The Bertz CT molecular complexity index is 349. The summed E-state index contributed by atoms with van der Waals surface area (Å²) >= 11 is 0. The number of esters is 1. The highest BCUT2D eigenvalue weighted by Gasteiger charge is 2.23. The fourth-order valence-electron chi connectivity index (χ4n) is 1.47. The first-order valence-corrected chi connectivity index (χ1v) is 5.25. The summed E-state index contributed by atoms with van der Waals surface area (Å²) in [6, 6.07) is 8.85. The summed E-state index contributed by atoms with van der Waals surface area (Å²) in [6.45, 7) is 2.60. The van der Waals surface area contributed by atoms with E-state index in [1.165, 1.54) is 0 Å². The molecular formula is C12H14O4. The van der Waals surface area contributed by atoms with Gasteiger partial charge in [-0.25, -0.2) is 4.79 Å². The Morgan fingerprint density at radius 3 is 2.81 bits per heavy atom. The third-order valence-corrected chi connectivity index (χ3v) is 2.26. The van der Waals surface area contributed by atoms with Gasteiger partial charge in [0.2, 0.25) is 0 Å². The molecule has 0 aromatic heterocycles. The first-order valence-electron chi connectivity index (χ1n) is 5.25. The minimum atomic E-state index is -0.428. The highest BCUT2D eigenvalue weighted by molar-refractivity contribution is 5.89. The van der Waals surface area contributed by atoms with E-state index in [1.54, 1.807) is 24.3 Å². The summed E-state index contributed by atoms with van der Waals surface area (Å²) in [5.74, 6) is -0.354. The summed E-state index contributed by atoms with van der Waals surface area (Å²) < 4.78 is 15.7. The molecule has 1 aromatic carbocycles. The molecule has 1 saturated heterocycles. The van der Waals surface area contributed by atoms with E-state index in [0.29, 0.717) is 12.2 Å². The maximum Gasteiger partial charge on any atom is 0.338 e. The SMILES string of the molecule is CC1CO[C@H](COC(=O)c2ccccc2)O1. The fourth-order valence-corrected chi connectivity index (χ4v) is 1.47. The lowest BCUT2D eigenvalue weighted by molar-refractivity contribution is -0.0904. The molecule has 0 aliphatic carbocycles. The molecule has 0 saturated carbocycles. The number of hydrogen-bond acceptors (Lipinski definition) is 4. The first-order chi connectivity index (χ1) is 7.75. The van der Waals surface area contributed by atoms with E-state index >= 15 is 0 Å². The zero-order valence-electron chi connectivity index (χ0n) is 9.09. The van der Waals surface area contributed by atoms with Crippen LogP contribution in [0.1, 0.15) is 17.3 Å². The van der Waals surface area contributed by atoms with Crippen LogP contribution in [0.5, 0.6) is 0 Å². The zero-order valence-corrected chi connectivity index (χ0v) is 9.09. The third-order valence-electron chi connectivity index (χ3n) is 2.26. The van der Waals surface area contributed by atoms with E-state index in [2.05, 4.69) is 0 Å². The number of carbonyl (C=O) groups excluding carboxylic acids is 1. The van der Waals surface area contributed by atoms with Crippen LogP contribution in [0.2, 0.25) is 0 Å². The summed E-state index contributed by atoms with van der Waals surface area (Å²) in [4.78, 5) is 11.5. The lowest BCUT2D eigenvalue weighted by Gasteiger charge is -2.10. The van der Waals surface area contributed by atoms with Crippen molar-refractivity contribution in [2.45, 2.75) is 19.3 Å². The van der Waals surface area contributed by atoms with Crippen LogP contribution in [0.4, 0.5) is 0 Å². The topological polar surface area (TPSA) is 44.8 Å². The van der Waals surface area contributed by atoms with Gasteiger partial charge in [0.05, 0.1) is 18.3 Å². The van der Waals surface area contributed by atoms with Crippen LogP contribution in [0, 0.1) is 0 Å². The molecule has 0 bridgehead atoms. The van der Waals surface area contributed by atoms with E-state index in [1.807, 2.05) is 13.0 Å². The Kier molecular flexibility index (Phi) is 3.54. The summed E-state index contributed by atoms with van der Waals surface area (Å²) in [5.41, 5.74) is 0.536. The van der Waals surface area contributed by atoms with Crippen molar-refractivity contribution in [1.29, 1.82) is 0 Å². The monoisotopic (exact) mass is 222 g/mol. The van der Waals surface area contributed by atoms with E-state index in [-0.39, 0.29) is 18.7 Å². The third kappa shape index (κ3) is 2.81. The molecule has 1 aliphatic heterocycles. The van der Waals surface area contributed by atoms with Gasteiger partial charge >= 0.3 is 5.97 Å². The smallest absolute Gasteiger partial charge is 0.338 e. The van der Waals surface area contributed by atoms with E-state index in [4.69, 9.17) is 14.2 Å². The predicted octanol–water partition coefficient (Wildman–Crippen LogP) is 1.60. The molecule has 0 N–H and O–H groups in total. The molecule has 0 amide bonds. The second kappa shape index (κ2) is 5.09. The number of benzene rings is 1. The lowest BCUT2D eigenvalue weighted by Crippen LogP contribution is -2.20. The van der Waals surface area contributed by atoms with Gasteiger partial charge in [-0.05, 0) is 19.1 Å². The molecule has 16 heavy (non-hydrogen) atoms. The van der Waals surface area contributed by atoms with E-state index in [9.17, 15) is 4.79 Å². The molecule has 4 heteroatoms. The molecule has 1 heterocycles. The van der Waals surface area contributed by atoms with Crippen molar-refractivity contribution in [3.8, 4) is 0 Å². The van der Waals surface area contributed by atoms with Crippen LogP contribution in [0.25, 0.3) is 0 Å². The molecule has 2 atom stereocenters. The molecule has 0 spiro atoms. The second-order valence-electron chi connectivity index (χ2n) is 3.67. The number of rotatable bonds is 3. The maximum absolute atomic E-state index is 11.5. The Balaban J connectivity index is 1.80. The minimum absolute atomic E-state index is 0.0698. The fraction of sp³-hybridized carbons (Fsp3) is 0.417. The van der Waals surface area contributed by atoms with Crippen molar-refractivity contribution in [3.05, 3.63) is 35.9 Å². The lowest BCUT2D eigenvalue weighted by atomic mass is 10.2. The quantitative estimate of drug-likeness (QED) is 0.729. The molecule has 1 unspecified atom stereocenters. The van der Waals surface area contributed by atoms with Gasteiger partial charge in [0.25, 0.3) is 0 Å². The number of hydrogen-bond donors (Lipinski definition) is 0. The number of ether oxygens (including phenoxy) is 3. The van der Waals surface area contributed by atoms with Crippen molar-refractivity contribution in [1.82, 2.24) is 0 Å². The maximum atomic E-state index is 11.5. The molecule has 2 rings (SSSR count). The van der Waals surface area contributed by atoms with Crippen molar-refractivity contribution in [2.24, 2.45) is 0 Å². The standard InChI is InChI=1S/C12H14O4/c1-9-7-14-11(16-9)8-15-12(13)10-5-3-2-4-6-10/h2-6,9,11H,7-8H2,1H3/t9?,11-/m0/s1. The predicted molar refractivity (Wildman–Crippen MR) is 57.0 cm³/mol. The molecule has 0 radical (unpaired) electrons. The van der Waals surface area contributed by atoms with Crippen LogP contribution >= 0.6 is 0 Å². The molecule has 1 aromatic rings. The van der Waals surface area contributed by atoms with Crippen molar-refractivity contribution >= 4 is 5.97 Å². The van der Waals surface area contributed by atoms with Gasteiger partial charge in [0.1, 0.15) is 6.61 Å². The van der Waals surface area contributed by atoms with Crippen molar-refractivity contribution in [3.63, 3.8) is 0 Å². The van der Waals surface area contributed by atoms with Crippen LogP contribution in [-0.2, 0) is 14.2 Å². The van der Waals surface area contributed by atoms with Gasteiger partial charge in [-0.1, -0.05) is 18.2 Å². The molecule has 1 fully saturated rings. The second-order valence-corrected chi connectivity index (χ2v) is 3.67. The van der Waals surface area contributed by atoms with Crippen molar-refractivity contribution in [2.75, 3.05) is 13.2 Å². The largest absolute Gasteiger partial charge is 0.457 e. The molecule has 86 valence electrons. The van der Waals surface area contributed by atoms with Gasteiger partial charge in [0, 0.05) is 0 Å². The van der Waals surface area contributed by atoms with Gasteiger partial charge in [-0.3, -0.25) is 0 Å². The van der Waals surface area contributed by atoms with E-state index < -0.39 is 6.29 Å². The van der Waals surface area contributed by atoms with Gasteiger partial charge in [0.15, 0.2) is 6.29 Å². The normalized spacial score (nSPS) is 24.3. The summed E-state index contributed by atoms with van der Waals surface area (Å²) in [7, 11) is 0. The van der Waals surface area contributed by atoms with Crippen LogP contribution in [0.15, 0.2) is 30.3 Å². The van der Waals surface area contributed by atoms with Crippen LogP contribution in [-0.4, -0.2) is 31.6 Å². The Morgan fingerprint density at radius 1 is 1.44 bits per heavy atom. The first kappa shape index (κ1) is 11.1. The van der Waals surface area contributed by atoms with Gasteiger partial charge in [-0.15, -0.1) is 0 Å². The highest BCUT2D eigenvalue weighted by atomic mass is 16.7. The molecule has 4 nitrogen and oxygen atoms in total. The Morgan fingerprint density at radius 2 is 2.19 bits per heavy atom. The average molecular weight is 222 g/mol. The zero-order chi connectivity index (χ0) is 11.4. The van der Waals surface area contributed by atoms with Gasteiger partial charge < -0.3 is 14.2 Å². The molecule has 1 aliphatic rings. The van der Waals surface area contributed by atoms with Crippen LogP contribution < -0.4 is 0 Å². The van der Waals surface area contributed by atoms with Crippen molar-refractivity contribution < 1.29 is 19.0 Å². The van der Waals surface area contributed by atoms with Crippen LogP contribution in [0.3, 0.4) is 0 Å². The van der Waals surface area contributed by atoms with E-state index in [0.717, 1.165) is 0 Å². The summed E-state index contributed by atoms with van der Waals surface area (Å²) in [5, 5.41) is 0. The number of carbonyl (C=O) groups is 1. The minimum Gasteiger partial charge on any atom is -0.457 e. The summed E-state index contributed by atoms with van der Waals surface area (Å²) in [6.07, 6.45) is -0.358. The average Bonchev–Trinajstić information content (AvgIpc) is 2.73.